The summed E-state index contributed by atoms with van der Waals surface area (Å²) in [5.74, 6) is 1.83. The first-order valence-corrected chi connectivity index (χ1v) is 9.47. The number of methoxy groups -OCH3 is 1. The van der Waals surface area contributed by atoms with Crippen molar-refractivity contribution in [2.24, 2.45) is 0 Å². The van der Waals surface area contributed by atoms with Crippen LogP contribution in [0.25, 0.3) is 11.4 Å². The Hall–Kier alpha value is -3.15. The summed E-state index contributed by atoms with van der Waals surface area (Å²) < 4.78 is 10.9. The van der Waals surface area contributed by atoms with E-state index in [1.54, 1.807) is 7.11 Å². The first-order valence-electron chi connectivity index (χ1n) is 9.47. The number of hydrogen-bond acceptors (Lipinski definition) is 5. The van der Waals surface area contributed by atoms with E-state index in [2.05, 4.69) is 10.1 Å². The van der Waals surface area contributed by atoms with Crippen LogP contribution in [0, 0.1) is 6.92 Å². The molecule has 144 valence electrons. The molecule has 0 spiro atoms. The van der Waals surface area contributed by atoms with Gasteiger partial charge in [-0.15, -0.1) is 0 Å². The number of carbonyl (C=O) groups excluding carboxylic acids is 1. The van der Waals surface area contributed by atoms with Crippen molar-refractivity contribution in [3.8, 4) is 17.1 Å². The lowest BCUT2D eigenvalue weighted by molar-refractivity contribution is -0.131. The summed E-state index contributed by atoms with van der Waals surface area (Å²) in [5.41, 5.74) is 2.97. The fourth-order valence-corrected chi connectivity index (χ4v) is 3.63. The van der Waals surface area contributed by atoms with E-state index in [9.17, 15) is 4.79 Å². The standard InChI is InChI=1S/C22H23N3O3/c1-15-9-11-16(12-10-15)21-23-22(28-24-21)18-7-5-13-25(18)20(26)14-17-6-3-4-8-19(17)27-2/h3-4,6,8-12,18H,5,7,13-14H2,1-2H3/t18-/m1/s1. The van der Waals surface area contributed by atoms with Crippen molar-refractivity contribution < 1.29 is 14.1 Å². The van der Waals surface area contributed by atoms with E-state index >= 15 is 0 Å². The summed E-state index contributed by atoms with van der Waals surface area (Å²) >= 11 is 0. The van der Waals surface area contributed by atoms with E-state index < -0.39 is 0 Å². The zero-order chi connectivity index (χ0) is 19.5. The Balaban J connectivity index is 1.52. The summed E-state index contributed by atoms with van der Waals surface area (Å²) in [5, 5.41) is 4.12. The van der Waals surface area contributed by atoms with Gasteiger partial charge in [0.15, 0.2) is 0 Å². The number of aromatic nitrogens is 2. The van der Waals surface area contributed by atoms with Crippen LogP contribution in [0.2, 0.25) is 0 Å². The second kappa shape index (κ2) is 7.84. The highest BCUT2D eigenvalue weighted by Gasteiger charge is 2.34. The predicted molar refractivity (Wildman–Crippen MR) is 105 cm³/mol. The number of amides is 1. The van der Waals surface area contributed by atoms with Crippen molar-refractivity contribution >= 4 is 5.91 Å². The average molecular weight is 377 g/mol. The van der Waals surface area contributed by atoms with Gasteiger partial charge in [-0.2, -0.15) is 4.98 Å². The lowest BCUT2D eigenvalue weighted by Gasteiger charge is -2.22. The highest BCUT2D eigenvalue weighted by Crippen LogP contribution is 2.33. The quantitative estimate of drug-likeness (QED) is 0.673. The normalized spacial score (nSPS) is 16.4. The maximum atomic E-state index is 13.0. The zero-order valence-electron chi connectivity index (χ0n) is 16.1. The number of para-hydroxylation sites is 1. The molecule has 6 nitrogen and oxygen atoms in total. The fourth-order valence-electron chi connectivity index (χ4n) is 3.63. The van der Waals surface area contributed by atoms with Gasteiger partial charge in [0.05, 0.1) is 13.5 Å². The number of carbonyl (C=O) groups is 1. The Morgan fingerprint density at radius 3 is 2.79 bits per heavy atom. The van der Waals surface area contributed by atoms with Gasteiger partial charge in [-0.3, -0.25) is 4.79 Å². The lowest BCUT2D eigenvalue weighted by Crippen LogP contribution is -2.32. The molecule has 0 aliphatic carbocycles. The molecule has 1 amide bonds. The van der Waals surface area contributed by atoms with Crippen molar-refractivity contribution in [1.29, 1.82) is 0 Å². The number of ether oxygens (including phenoxy) is 1. The molecule has 0 saturated carbocycles. The highest BCUT2D eigenvalue weighted by atomic mass is 16.5. The van der Waals surface area contributed by atoms with Gasteiger partial charge in [-0.1, -0.05) is 53.2 Å². The summed E-state index contributed by atoms with van der Waals surface area (Å²) in [6, 6.07) is 15.4. The Labute approximate surface area is 164 Å². The van der Waals surface area contributed by atoms with E-state index in [-0.39, 0.29) is 11.9 Å². The van der Waals surface area contributed by atoms with Crippen LogP contribution in [-0.2, 0) is 11.2 Å². The number of nitrogens with zero attached hydrogens (tertiary/aromatic N) is 3. The summed E-state index contributed by atoms with van der Waals surface area (Å²) in [4.78, 5) is 19.4. The first-order chi connectivity index (χ1) is 13.7. The Morgan fingerprint density at radius 2 is 2.00 bits per heavy atom. The Bertz CT molecular complexity index is 965. The minimum Gasteiger partial charge on any atom is -0.496 e. The first kappa shape index (κ1) is 18.2. The summed E-state index contributed by atoms with van der Waals surface area (Å²) in [6.45, 7) is 2.73. The molecular weight excluding hydrogens is 354 g/mol. The van der Waals surface area contributed by atoms with Crippen molar-refractivity contribution in [3.05, 3.63) is 65.5 Å². The van der Waals surface area contributed by atoms with Crippen LogP contribution in [0.4, 0.5) is 0 Å². The number of hydrogen-bond donors (Lipinski definition) is 0. The largest absolute Gasteiger partial charge is 0.496 e. The van der Waals surface area contributed by atoms with Crippen molar-refractivity contribution in [1.82, 2.24) is 15.0 Å². The van der Waals surface area contributed by atoms with Crippen molar-refractivity contribution in [2.75, 3.05) is 13.7 Å². The monoisotopic (exact) mass is 377 g/mol. The highest BCUT2D eigenvalue weighted by molar-refractivity contribution is 5.80. The number of benzene rings is 2. The van der Waals surface area contributed by atoms with Crippen LogP contribution in [-0.4, -0.2) is 34.6 Å². The van der Waals surface area contributed by atoms with E-state index in [4.69, 9.17) is 9.26 Å². The van der Waals surface area contributed by atoms with Gasteiger partial charge in [0, 0.05) is 17.7 Å². The summed E-state index contributed by atoms with van der Waals surface area (Å²) in [7, 11) is 1.62. The lowest BCUT2D eigenvalue weighted by atomic mass is 10.1. The molecule has 1 aliphatic rings. The van der Waals surface area contributed by atoms with Gasteiger partial charge in [-0.05, 0) is 25.8 Å². The molecule has 0 unspecified atom stereocenters. The molecule has 4 rings (SSSR count). The number of aryl methyl sites for hydroxylation is 1. The van der Waals surface area contributed by atoms with Gasteiger partial charge >= 0.3 is 0 Å². The van der Waals surface area contributed by atoms with Gasteiger partial charge in [0.2, 0.25) is 17.6 Å². The van der Waals surface area contributed by atoms with Crippen LogP contribution < -0.4 is 4.74 Å². The van der Waals surface area contributed by atoms with Crippen LogP contribution >= 0.6 is 0 Å². The molecule has 2 heterocycles. The molecule has 0 bridgehead atoms. The molecule has 1 aromatic heterocycles. The predicted octanol–water partition coefficient (Wildman–Crippen LogP) is 3.96. The summed E-state index contributed by atoms with van der Waals surface area (Å²) in [6.07, 6.45) is 2.04. The molecule has 28 heavy (non-hydrogen) atoms. The van der Waals surface area contributed by atoms with E-state index in [1.165, 1.54) is 5.56 Å². The third kappa shape index (κ3) is 3.63. The maximum Gasteiger partial charge on any atom is 0.249 e. The van der Waals surface area contributed by atoms with E-state index in [0.29, 0.717) is 24.7 Å². The van der Waals surface area contributed by atoms with Crippen molar-refractivity contribution in [2.45, 2.75) is 32.2 Å². The smallest absolute Gasteiger partial charge is 0.249 e. The van der Waals surface area contributed by atoms with Crippen LogP contribution in [0.15, 0.2) is 53.1 Å². The molecule has 1 atom stereocenters. The topological polar surface area (TPSA) is 68.5 Å². The van der Waals surface area contributed by atoms with Crippen LogP contribution in [0.5, 0.6) is 5.75 Å². The Morgan fingerprint density at radius 1 is 1.21 bits per heavy atom. The second-order valence-electron chi connectivity index (χ2n) is 7.06. The van der Waals surface area contributed by atoms with E-state index in [1.807, 2.05) is 60.4 Å². The molecule has 2 aromatic carbocycles. The van der Waals surface area contributed by atoms with Gasteiger partial charge < -0.3 is 14.2 Å². The van der Waals surface area contributed by atoms with Gasteiger partial charge in [-0.25, -0.2) is 0 Å². The molecular formula is C22H23N3O3. The average Bonchev–Trinajstić information content (AvgIpc) is 3.38. The number of rotatable bonds is 5. The molecule has 0 N–H and O–H groups in total. The maximum absolute atomic E-state index is 13.0. The molecule has 0 radical (unpaired) electrons. The minimum atomic E-state index is -0.172. The fraction of sp³-hybridized carbons (Fsp3) is 0.318. The zero-order valence-corrected chi connectivity index (χ0v) is 16.1. The van der Waals surface area contributed by atoms with E-state index in [0.717, 1.165) is 29.7 Å². The molecule has 6 heteroatoms. The van der Waals surface area contributed by atoms with Gasteiger partial charge in [0.25, 0.3) is 0 Å². The molecule has 1 aliphatic heterocycles. The van der Waals surface area contributed by atoms with Crippen LogP contribution in [0.3, 0.4) is 0 Å². The third-order valence-corrected chi connectivity index (χ3v) is 5.14. The Kier molecular flexibility index (Phi) is 5.10. The van der Waals surface area contributed by atoms with Crippen molar-refractivity contribution in [3.63, 3.8) is 0 Å². The number of likely N-dealkylation sites (tertiary alicyclic amines) is 1. The van der Waals surface area contributed by atoms with Gasteiger partial charge in [0.1, 0.15) is 11.8 Å². The van der Waals surface area contributed by atoms with Crippen LogP contribution in [0.1, 0.15) is 35.9 Å². The second-order valence-corrected chi connectivity index (χ2v) is 7.06. The minimum absolute atomic E-state index is 0.0436. The SMILES string of the molecule is COc1ccccc1CC(=O)N1CCC[C@@H]1c1nc(-c2ccc(C)cc2)no1. The third-order valence-electron chi connectivity index (χ3n) is 5.14. The molecule has 3 aromatic rings. The molecule has 1 saturated heterocycles. The molecule has 1 fully saturated rings.